The van der Waals surface area contributed by atoms with E-state index in [-0.39, 0.29) is 11.7 Å². The van der Waals surface area contributed by atoms with Gasteiger partial charge in [0.25, 0.3) is 0 Å². The molecule has 1 aliphatic rings. The van der Waals surface area contributed by atoms with Crippen molar-refractivity contribution < 1.29 is 9.50 Å². The quantitative estimate of drug-likeness (QED) is 0.677. The Morgan fingerprint density at radius 3 is 2.04 bits per heavy atom. The Morgan fingerprint density at radius 2 is 1.33 bits per heavy atom. The van der Waals surface area contributed by atoms with E-state index in [1.807, 2.05) is 42.5 Å². The van der Waals surface area contributed by atoms with Crippen molar-refractivity contribution in [2.24, 2.45) is 0 Å². The number of aliphatic hydroxyl groups is 1. The van der Waals surface area contributed by atoms with Gasteiger partial charge in [-0.15, -0.1) is 0 Å². The van der Waals surface area contributed by atoms with Crippen LogP contribution in [0, 0.1) is 5.82 Å². The lowest BCUT2D eigenvalue weighted by molar-refractivity contribution is 0.160. The monoisotopic (exact) mass is 316 g/mol. The van der Waals surface area contributed by atoms with Gasteiger partial charge in [-0.25, -0.2) is 4.39 Å². The van der Waals surface area contributed by atoms with Crippen LogP contribution in [0.15, 0.2) is 78.9 Å². The standard InChI is InChI=1S/C22H17FO/c23-16-12-9-15(10-13-16)11-14-21-19-7-2-1-5-17(19)18-6-3-4-8-20(18)22(21)24/h1-14,21-22,24H/b14-11-/t21-,22-/m0/s1. The van der Waals surface area contributed by atoms with Gasteiger partial charge in [-0.05, 0) is 39.9 Å². The third-order valence-electron chi connectivity index (χ3n) is 4.60. The second kappa shape index (κ2) is 6.06. The molecule has 118 valence electrons. The molecule has 0 aliphatic heterocycles. The molecule has 0 spiro atoms. The van der Waals surface area contributed by atoms with Crippen molar-refractivity contribution in [1.82, 2.24) is 0 Å². The fraction of sp³-hybridized carbons (Fsp3) is 0.0909. The van der Waals surface area contributed by atoms with Crippen LogP contribution in [0.5, 0.6) is 0 Å². The first-order valence-electron chi connectivity index (χ1n) is 8.04. The Labute approximate surface area is 140 Å². The molecule has 4 rings (SSSR count). The molecule has 0 heterocycles. The van der Waals surface area contributed by atoms with Gasteiger partial charge in [-0.2, -0.15) is 0 Å². The molecule has 1 N–H and O–H groups in total. The first kappa shape index (κ1) is 14.9. The van der Waals surface area contributed by atoms with E-state index < -0.39 is 6.10 Å². The summed E-state index contributed by atoms with van der Waals surface area (Å²) in [6.45, 7) is 0. The first-order chi connectivity index (χ1) is 11.7. The van der Waals surface area contributed by atoms with Crippen LogP contribution in [0.1, 0.15) is 28.7 Å². The van der Waals surface area contributed by atoms with Gasteiger partial charge in [0.05, 0.1) is 6.10 Å². The Morgan fingerprint density at radius 1 is 0.750 bits per heavy atom. The van der Waals surface area contributed by atoms with Crippen molar-refractivity contribution in [1.29, 1.82) is 0 Å². The summed E-state index contributed by atoms with van der Waals surface area (Å²) in [6, 6.07) is 22.5. The molecular weight excluding hydrogens is 299 g/mol. The Balaban J connectivity index is 1.77. The number of hydrogen-bond acceptors (Lipinski definition) is 1. The van der Waals surface area contributed by atoms with E-state index in [4.69, 9.17) is 0 Å². The second-order valence-corrected chi connectivity index (χ2v) is 6.06. The fourth-order valence-corrected chi connectivity index (χ4v) is 3.39. The lowest BCUT2D eigenvalue weighted by atomic mass is 9.76. The van der Waals surface area contributed by atoms with Gasteiger partial charge in [0.2, 0.25) is 0 Å². The third-order valence-corrected chi connectivity index (χ3v) is 4.60. The number of halogens is 1. The molecule has 0 aromatic heterocycles. The molecule has 1 aliphatic carbocycles. The van der Waals surface area contributed by atoms with Crippen molar-refractivity contribution in [2.45, 2.75) is 12.0 Å². The number of benzene rings is 3. The van der Waals surface area contributed by atoms with Crippen molar-refractivity contribution in [3.63, 3.8) is 0 Å². The van der Waals surface area contributed by atoms with Crippen LogP contribution < -0.4 is 0 Å². The van der Waals surface area contributed by atoms with Gasteiger partial charge in [0.1, 0.15) is 5.82 Å². The topological polar surface area (TPSA) is 20.2 Å². The molecule has 0 fully saturated rings. The lowest BCUT2D eigenvalue weighted by Gasteiger charge is -2.30. The molecule has 2 atom stereocenters. The summed E-state index contributed by atoms with van der Waals surface area (Å²) in [7, 11) is 0. The van der Waals surface area contributed by atoms with E-state index in [1.54, 1.807) is 12.1 Å². The molecule has 0 bridgehead atoms. The van der Waals surface area contributed by atoms with E-state index in [9.17, 15) is 9.50 Å². The van der Waals surface area contributed by atoms with E-state index >= 15 is 0 Å². The molecule has 24 heavy (non-hydrogen) atoms. The Hall–Kier alpha value is -2.71. The Kier molecular flexibility index (Phi) is 3.75. The minimum atomic E-state index is -0.590. The summed E-state index contributed by atoms with van der Waals surface area (Å²) < 4.78 is 13.0. The summed E-state index contributed by atoms with van der Waals surface area (Å²) in [5.74, 6) is -0.370. The minimum absolute atomic E-state index is 0.124. The average Bonchev–Trinajstić information content (AvgIpc) is 2.63. The summed E-state index contributed by atoms with van der Waals surface area (Å²) >= 11 is 0. The Bertz CT molecular complexity index is 896. The second-order valence-electron chi connectivity index (χ2n) is 6.06. The summed E-state index contributed by atoms with van der Waals surface area (Å²) in [6.07, 6.45) is 3.36. The molecule has 0 saturated heterocycles. The van der Waals surface area contributed by atoms with Crippen molar-refractivity contribution in [3.05, 3.63) is 101 Å². The van der Waals surface area contributed by atoms with Crippen molar-refractivity contribution in [2.75, 3.05) is 0 Å². The third kappa shape index (κ3) is 2.55. The smallest absolute Gasteiger partial charge is 0.123 e. The molecule has 0 unspecified atom stereocenters. The van der Waals surface area contributed by atoms with Crippen molar-refractivity contribution in [3.8, 4) is 11.1 Å². The number of rotatable bonds is 2. The van der Waals surface area contributed by atoms with Crippen LogP contribution in [0.3, 0.4) is 0 Å². The summed E-state index contributed by atoms with van der Waals surface area (Å²) in [4.78, 5) is 0. The molecule has 0 radical (unpaired) electrons. The van der Waals surface area contributed by atoms with E-state index in [0.717, 1.165) is 27.8 Å². The molecule has 0 amide bonds. The normalized spacial score (nSPS) is 19.1. The van der Waals surface area contributed by atoms with Crippen LogP contribution in [0.25, 0.3) is 17.2 Å². The summed E-state index contributed by atoms with van der Waals surface area (Å²) in [5, 5.41) is 10.9. The zero-order valence-corrected chi connectivity index (χ0v) is 13.1. The zero-order chi connectivity index (χ0) is 16.5. The van der Waals surface area contributed by atoms with Crippen molar-refractivity contribution >= 4 is 6.08 Å². The number of hydrogen-bond donors (Lipinski definition) is 1. The highest BCUT2D eigenvalue weighted by Crippen LogP contribution is 2.46. The predicted octanol–water partition coefficient (Wildman–Crippen LogP) is 5.34. The first-order valence-corrected chi connectivity index (χ1v) is 8.04. The van der Waals surface area contributed by atoms with E-state index in [2.05, 4.69) is 18.2 Å². The molecule has 1 nitrogen and oxygen atoms in total. The highest BCUT2D eigenvalue weighted by atomic mass is 19.1. The fourth-order valence-electron chi connectivity index (χ4n) is 3.39. The maximum absolute atomic E-state index is 13.0. The minimum Gasteiger partial charge on any atom is -0.387 e. The zero-order valence-electron chi connectivity index (χ0n) is 13.1. The molecular formula is C22H17FO. The largest absolute Gasteiger partial charge is 0.387 e. The van der Waals surface area contributed by atoms with E-state index in [1.165, 1.54) is 12.1 Å². The van der Waals surface area contributed by atoms with Gasteiger partial charge in [0, 0.05) is 5.92 Å². The van der Waals surface area contributed by atoms with Gasteiger partial charge in [-0.1, -0.05) is 72.8 Å². The van der Waals surface area contributed by atoms with Crippen LogP contribution in [-0.4, -0.2) is 5.11 Å². The van der Waals surface area contributed by atoms with Gasteiger partial charge < -0.3 is 5.11 Å². The van der Waals surface area contributed by atoms with Crippen LogP contribution in [0.2, 0.25) is 0 Å². The number of aliphatic hydroxyl groups excluding tert-OH is 1. The molecule has 2 heteroatoms. The van der Waals surface area contributed by atoms with Crippen LogP contribution >= 0.6 is 0 Å². The maximum Gasteiger partial charge on any atom is 0.123 e. The highest BCUT2D eigenvalue weighted by Gasteiger charge is 2.30. The summed E-state index contributed by atoms with van der Waals surface area (Å²) in [5.41, 5.74) is 5.23. The van der Waals surface area contributed by atoms with Gasteiger partial charge in [-0.3, -0.25) is 0 Å². The average molecular weight is 316 g/mol. The van der Waals surface area contributed by atoms with Gasteiger partial charge >= 0.3 is 0 Å². The molecule has 0 saturated carbocycles. The lowest BCUT2D eigenvalue weighted by Crippen LogP contribution is -2.15. The highest BCUT2D eigenvalue weighted by molar-refractivity contribution is 5.75. The molecule has 3 aromatic rings. The SMILES string of the molecule is O[C@H]1c2ccccc2-c2ccccc2[C@@H]1/C=C\c1ccc(F)cc1. The van der Waals surface area contributed by atoms with Crippen LogP contribution in [-0.2, 0) is 0 Å². The van der Waals surface area contributed by atoms with Crippen LogP contribution in [0.4, 0.5) is 4.39 Å². The number of fused-ring (bicyclic) bond motifs is 3. The maximum atomic E-state index is 13.0. The molecule has 3 aromatic carbocycles. The van der Waals surface area contributed by atoms with Gasteiger partial charge in [0.15, 0.2) is 0 Å². The van der Waals surface area contributed by atoms with E-state index in [0.29, 0.717) is 0 Å². The predicted molar refractivity (Wildman–Crippen MR) is 95.0 cm³/mol.